The van der Waals surface area contributed by atoms with Gasteiger partial charge in [-0.25, -0.2) is 4.68 Å². The third-order valence-electron chi connectivity index (χ3n) is 5.95. The maximum Gasteiger partial charge on any atom is 0.410 e. The number of alkyl halides is 3. The molecule has 0 aliphatic carbocycles. The van der Waals surface area contributed by atoms with E-state index in [9.17, 15) is 22.8 Å². The number of hydrogen-bond acceptors (Lipinski definition) is 6. The van der Waals surface area contributed by atoms with E-state index in [0.717, 1.165) is 4.68 Å². The molecule has 2 amide bonds. The number of ether oxygens (including phenoxy) is 2. The van der Waals surface area contributed by atoms with Gasteiger partial charge in [0.1, 0.15) is 5.82 Å². The summed E-state index contributed by atoms with van der Waals surface area (Å²) in [5.41, 5.74) is 1.26. The fraction of sp³-hybridized carbons (Fsp3) is 0.292. The fourth-order valence-electron chi connectivity index (χ4n) is 4.15. The number of nitrogens with one attached hydrogen (secondary N) is 3. The van der Waals surface area contributed by atoms with E-state index in [-0.39, 0.29) is 37.1 Å². The van der Waals surface area contributed by atoms with Crippen molar-refractivity contribution in [3.8, 4) is 11.5 Å². The Balaban J connectivity index is 1.39. The SMILES string of the molecule is CCC(=O)Nc1cccc(NC(=O)c2cc3n(n2)[C@@H](C(F)(F)F)C[C@@H](c2ccc4c(c2)OCO4)N3)c1. The van der Waals surface area contributed by atoms with Crippen molar-refractivity contribution in [3.05, 3.63) is 59.8 Å². The summed E-state index contributed by atoms with van der Waals surface area (Å²) in [6.07, 6.45) is -4.62. The summed E-state index contributed by atoms with van der Waals surface area (Å²) < 4.78 is 53.4. The van der Waals surface area contributed by atoms with Crippen LogP contribution in [0.2, 0.25) is 0 Å². The average Bonchev–Trinajstić information content (AvgIpc) is 3.49. The van der Waals surface area contributed by atoms with Crippen molar-refractivity contribution in [1.82, 2.24) is 9.78 Å². The van der Waals surface area contributed by atoms with Crippen LogP contribution in [0, 0.1) is 0 Å². The molecule has 0 saturated heterocycles. The van der Waals surface area contributed by atoms with E-state index in [1.807, 2.05) is 0 Å². The minimum absolute atomic E-state index is 0.0567. The lowest BCUT2D eigenvalue weighted by Crippen LogP contribution is -2.35. The smallest absolute Gasteiger partial charge is 0.410 e. The van der Waals surface area contributed by atoms with E-state index < -0.39 is 24.2 Å². The largest absolute Gasteiger partial charge is 0.454 e. The van der Waals surface area contributed by atoms with Crippen LogP contribution in [0.4, 0.5) is 30.4 Å². The van der Waals surface area contributed by atoms with E-state index >= 15 is 0 Å². The monoisotopic (exact) mass is 501 g/mol. The summed E-state index contributed by atoms with van der Waals surface area (Å²) in [5.74, 6) is 0.193. The highest BCUT2D eigenvalue weighted by molar-refractivity contribution is 6.04. The molecule has 0 spiro atoms. The lowest BCUT2D eigenvalue weighted by molar-refractivity contribution is -0.173. The van der Waals surface area contributed by atoms with Crippen LogP contribution >= 0.6 is 0 Å². The summed E-state index contributed by atoms with van der Waals surface area (Å²) in [6.45, 7) is 1.77. The number of carbonyl (C=O) groups excluding carboxylic acids is 2. The third kappa shape index (κ3) is 4.66. The van der Waals surface area contributed by atoms with Crippen molar-refractivity contribution in [2.75, 3.05) is 22.7 Å². The van der Waals surface area contributed by atoms with Crippen LogP contribution in [0.1, 0.15) is 47.9 Å². The van der Waals surface area contributed by atoms with Gasteiger partial charge in [-0.3, -0.25) is 9.59 Å². The van der Waals surface area contributed by atoms with Gasteiger partial charge in [-0.15, -0.1) is 0 Å². The van der Waals surface area contributed by atoms with E-state index in [1.54, 1.807) is 49.4 Å². The molecular weight excluding hydrogens is 479 g/mol. The quantitative estimate of drug-likeness (QED) is 0.461. The van der Waals surface area contributed by atoms with Crippen LogP contribution in [-0.2, 0) is 4.79 Å². The number of carbonyl (C=O) groups is 2. The van der Waals surface area contributed by atoms with Gasteiger partial charge in [0.05, 0.1) is 6.04 Å². The first-order valence-corrected chi connectivity index (χ1v) is 11.2. The molecule has 3 N–H and O–H groups in total. The Morgan fingerprint density at radius 1 is 1.08 bits per heavy atom. The molecule has 2 aliphatic heterocycles. The summed E-state index contributed by atoms with van der Waals surface area (Å²) >= 11 is 0. The molecule has 36 heavy (non-hydrogen) atoms. The summed E-state index contributed by atoms with van der Waals surface area (Å²) in [6, 6.07) is 10.1. The minimum atomic E-state index is -4.59. The number of fused-ring (bicyclic) bond motifs is 2. The number of aromatic nitrogens is 2. The summed E-state index contributed by atoms with van der Waals surface area (Å²) in [5, 5.41) is 12.3. The van der Waals surface area contributed by atoms with Gasteiger partial charge in [-0.05, 0) is 35.9 Å². The van der Waals surface area contributed by atoms with E-state index in [2.05, 4.69) is 21.0 Å². The number of hydrogen-bond donors (Lipinski definition) is 3. The molecule has 0 unspecified atom stereocenters. The van der Waals surface area contributed by atoms with Gasteiger partial charge < -0.3 is 25.4 Å². The maximum atomic E-state index is 14.0. The second kappa shape index (κ2) is 9.10. The Bertz CT molecular complexity index is 1320. The molecule has 2 aromatic carbocycles. The number of anilines is 3. The zero-order valence-electron chi connectivity index (χ0n) is 19.1. The predicted molar refractivity (Wildman–Crippen MR) is 124 cm³/mol. The van der Waals surface area contributed by atoms with Gasteiger partial charge >= 0.3 is 6.18 Å². The molecule has 0 fully saturated rings. The van der Waals surface area contributed by atoms with Crippen molar-refractivity contribution < 1.29 is 32.2 Å². The standard InChI is InChI=1S/C24H22F3N5O4/c1-2-22(33)28-14-4-3-5-15(9-14)29-23(34)17-11-21-30-16(10-20(24(25,26)27)32(21)31-17)13-6-7-18-19(8-13)36-12-35-18/h3-9,11,16,20,30H,2,10,12H2,1H3,(H,28,33)(H,29,34)/t16-,20+/m0/s1. The van der Waals surface area contributed by atoms with E-state index in [0.29, 0.717) is 28.4 Å². The fourth-order valence-corrected chi connectivity index (χ4v) is 4.15. The number of nitrogens with zero attached hydrogens (tertiary/aromatic N) is 2. The molecule has 1 aromatic heterocycles. The highest BCUT2D eigenvalue weighted by Crippen LogP contribution is 2.45. The highest BCUT2D eigenvalue weighted by Gasteiger charge is 2.47. The minimum Gasteiger partial charge on any atom is -0.454 e. The third-order valence-corrected chi connectivity index (χ3v) is 5.95. The lowest BCUT2D eigenvalue weighted by atomic mass is 9.96. The molecule has 9 nitrogen and oxygen atoms in total. The molecular formula is C24H22F3N5O4. The maximum absolute atomic E-state index is 14.0. The van der Waals surface area contributed by atoms with E-state index in [1.165, 1.54) is 6.07 Å². The lowest BCUT2D eigenvalue weighted by Gasteiger charge is -2.33. The zero-order valence-corrected chi connectivity index (χ0v) is 19.1. The second-order valence-corrected chi connectivity index (χ2v) is 8.40. The number of benzene rings is 2. The molecule has 5 rings (SSSR count). The highest BCUT2D eigenvalue weighted by atomic mass is 19.4. The van der Waals surface area contributed by atoms with E-state index in [4.69, 9.17) is 9.47 Å². The van der Waals surface area contributed by atoms with Gasteiger partial charge in [0.25, 0.3) is 5.91 Å². The van der Waals surface area contributed by atoms with Crippen molar-refractivity contribution in [1.29, 1.82) is 0 Å². The number of amides is 2. The normalized spacial score (nSPS) is 18.2. The van der Waals surface area contributed by atoms with Gasteiger partial charge in [-0.1, -0.05) is 19.1 Å². The van der Waals surface area contributed by atoms with Crippen molar-refractivity contribution >= 4 is 29.0 Å². The predicted octanol–water partition coefficient (Wildman–Crippen LogP) is 4.87. The van der Waals surface area contributed by atoms with Crippen LogP contribution in [0.15, 0.2) is 48.5 Å². The molecule has 3 aromatic rings. The Morgan fingerprint density at radius 3 is 2.58 bits per heavy atom. The zero-order chi connectivity index (χ0) is 25.4. The van der Waals surface area contributed by atoms with Crippen LogP contribution in [0.5, 0.6) is 11.5 Å². The molecule has 0 bridgehead atoms. The number of rotatable bonds is 5. The first kappa shape index (κ1) is 23.5. The summed E-state index contributed by atoms with van der Waals surface area (Å²) in [7, 11) is 0. The molecule has 188 valence electrons. The Morgan fingerprint density at radius 2 is 1.83 bits per heavy atom. The Kier molecular flexibility index (Phi) is 5.94. The van der Waals surface area contributed by atoms with Crippen LogP contribution in [-0.4, -0.2) is 34.6 Å². The van der Waals surface area contributed by atoms with Gasteiger partial charge in [0.2, 0.25) is 12.7 Å². The second-order valence-electron chi connectivity index (χ2n) is 8.40. The molecule has 3 heterocycles. The van der Waals surface area contributed by atoms with Crippen LogP contribution < -0.4 is 25.4 Å². The molecule has 2 aliphatic rings. The van der Waals surface area contributed by atoms with Gasteiger partial charge in [0, 0.05) is 30.3 Å². The molecule has 12 heteroatoms. The molecule has 0 saturated carbocycles. The Labute approximate surface area is 203 Å². The van der Waals surface area contributed by atoms with Crippen molar-refractivity contribution in [2.45, 2.75) is 38.0 Å². The van der Waals surface area contributed by atoms with Crippen molar-refractivity contribution in [2.24, 2.45) is 0 Å². The molecule has 0 radical (unpaired) electrons. The van der Waals surface area contributed by atoms with Crippen LogP contribution in [0.3, 0.4) is 0 Å². The topological polar surface area (TPSA) is 107 Å². The first-order valence-electron chi connectivity index (χ1n) is 11.2. The average molecular weight is 501 g/mol. The van der Waals surface area contributed by atoms with Crippen molar-refractivity contribution in [3.63, 3.8) is 0 Å². The van der Waals surface area contributed by atoms with Crippen LogP contribution in [0.25, 0.3) is 0 Å². The van der Waals surface area contributed by atoms with Gasteiger partial charge in [-0.2, -0.15) is 18.3 Å². The first-order chi connectivity index (χ1) is 17.2. The van der Waals surface area contributed by atoms with Gasteiger partial charge in [0.15, 0.2) is 23.2 Å². The molecule has 2 atom stereocenters. The number of halogens is 3. The Hall–Kier alpha value is -4.22. The summed E-state index contributed by atoms with van der Waals surface area (Å²) in [4.78, 5) is 24.5.